The summed E-state index contributed by atoms with van der Waals surface area (Å²) in [5, 5.41) is -0.696. The fourth-order valence-corrected chi connectivity index (χ4v) is 3.07. The number of carbonyl (C=O) groups is 1. The summed E-state index contributed by atoms with van der Waals surface area (Å²) in [6.07, 6.45) is 2.21. The molecule has 28 heavy (non-hydrogen) atoms. The Morgan fingerprint density at radius 1 is 1.18 bits per heavy atom. The van der Waals surface area contributed by atoms with Gasteiger partial charge in [-0.15, -0.1) is 0 Å². The van der Waals surface area contributed by atoms with E-state index in [0.717, 1.165) is 12.0 Å². The van der Waals surface area contributed by atoms with Gasteiger partial charge in [0.15, 0.2) is 17.3 Å². The van der Waals surface area contributed by atoms with Crippen LogP contribution in [0.15, 0.2) is 41.0 Å². The average molecular weight is 410 g/mol. The Balaban J connectivity index is 2.34. The fraction of sp³-hybridized carbons (Fsp3) is 0.450. The summed E-state index contributed by atoms with van der Waals surface area (Å²) >= 11 is 0. The molecule has 1 atom stereocenters. The van der Waals surface area contributed by atoms with Gasteiger partial charge in [0.25, 0.3) is 5.91 Å². The Bertz CT molecular complexity index is 889. The average Bonchev–Trinajstić information content (AvgIpc) is 3.19. The van der Waals surface area contributed by atoms with E-state index < -0.39 is 15.4 Å². The lowest BCUT2D eigenvalue weighted by Gasteiger charge is -2.28. The molecule has 0 radical (unpaired) electrons. The molecule has 2 rings (SSSR count). The lowest BCUT2D eigenvalue weighted by atomic mass is 10.1. The first-order valence-electron chi connectivity index (χ1n) is 9.14. The van der Waals surface area contributed by atoms with Crippen molar-refractivity contribution in [1.82, 2.24) is 4.90 Å². The molecule has 1 aromatic heterocycles. The molecule has 1 aromatic carbocycles. The molecule has 1 amide bonds. The number of ether oxygens (including phenoxy) is 1. The lowest BCUT2D eigenvalue weighted by Crippen LogP contribution is -2.37. The number of hydrogen-bond acceptors (Lipinski definition) is 6. The number of methoxy groups -OCH3 is 1. The number of nitrogens with zero attached hydrogens (tertiary/aromatic N) is 1. The molecule has 0 fully saturated rings. The maximum Gasteiger partial charge on any atom is 0.311 e. The summed E-state index contributed by atoms with van der Waals surface area (Å²) in [4.78, 5) is 14.5. The minimum Gasteiger partial charge on any atom is -0.493 e. The maximum absolute atomic E-state index is 12.8. The van der Waals surface area contributed by atoms with Crippen LogP contribution in [0.5, 0.6) is 11.5 Å². The highest BCUT2D eigenvalue weighted by atomic mass is 32.2. The van der Waals surface area contributed by atoms with Crippen LogP contribution in [0.25, 0.3) is 0 Å². The first-order valence-corrected chi connectivity index (χ1v) is 10.6. The van der Waals surface area contributed by atoms with Crippen molar-refractivity contribution in [3.05, 3.63) is 47.9 Å². The molecular formula is C20H27NO6S. The standard InChI is InChI=1S/C20H27NO6S/c1-6-15(4)21(20(22)18-8-7-11-26-18)13-16-9-10-17(25-5)19(12-16)27-28(23,24)14(2)3/h7-12,14-15H,6,13H2,1-5H3/t15-/m1/s1. The third-order valence-corrected chi connectivity index (χ3v) is 6.05. The molecule has 0 saturated carbocycles. The van der Waals surface area contributed by atoms with Gasteiger partial charge in [-0.1, -0.05) is 13.0 Å². The SMILES string of the molecule is CC[C@@H](C)N(Cc1ccc(OC)c(OS(=O)(=O)C(C)C)c1)C(=O)c1ccco1. The highest BCUT2D eigenvalue weighted by Crippen LogP contribution is 2.31. The van der Waals surface area contributed by atoms with Gasteiger partial charge >= 0.3 is 10.1 Å². The van der Waals surface area contributed by atoms with Gasteiger partial charge in [-0.2, -0.15) is 8.42 Å². The van der Waals surface area contributed by atoms with Crippen molar-refractivity contribution in [2.24, 2.45) is 0 Å². The largest absolute Gasteiger partial charge is 0.493 e. The molecule has 2 aromatic rings. The van der Waals surface area contributed by atoms with Crippen LogP contribution < -0.4 is 8.92 Å². The van der Waals surface area contributed by atoms with Crippen LogP contribution in [0.1, 0.15) is 50.2 Å². The van der Waals surface area contributed by atoms with Gasteiger partial charge in [0.2, 0.25) is 0 Å². The minimum absolute atomic E-state index is 0.0385. The van der Waals surface area contributed by atoms with Crippen molar-refractivity contribution in [2.45, 2.75) is 52.0 Å². The van der Waals surface area contributed by atoms with Crippen LogP contribution in [-0.2, 0) is 16.7 Å². The predicted octanol–water partition coefficient (Wildman–Crippen LogP) is 3.85. The summed E-state index contributed by atoms with van der Waals surface area (Å²) in [5.41, 5.74) is 0.718. The number of benzene rings is 1. The smallest absolute Gasteiger partial charge is 0.311 e. The molecule has 0 spiro atoms. The van der Waals surface area contributed by atoms with E-state index in [-0.39, 0.29) is 30.0 Å². The number of hydrogen-bond donors (Lipinski definition) is 0. The van der Waals surface area contributed by atoms with Gasteiger partial charge in [-0.25, -0.2) is 0 Å². The van der Waals surface area contributed by atoms with E-state index >= 15 is 0 Å². The van der Waals surface area contributed by atoms with Crippen molar-refractivity contribution in [1.29, 1.82) is 0 Å². The van der Waals surface area contributed by atoms with Crippen LogP contribution in [0, 0.1) is 0 Å². The molecule has 0 aliphatic heterocycles. The summed E-state index contributed by atoms with van der Waals surface area (Å²) in [6, 6.07) is 8.24. The van der Waals surface area contributed by atoms with Crippen LogP contribution in [-0.4, -0.2) is 37.6 Å². The van der Waals surface area contributed by atoms with Crippen LogP contribution in [0.3, 0.4) is 0 Å². The monoisotopic (exact) mass is 409 g/mol. The number of furan rings is 1. The fourth-order valence-electron chi connectivity index (χ4n) is 2.49. The number of amides is 1. The second kappa shape index (κ2) is 9.14. The Labute approximate surface area is 166 Å². The van der Waals surface area contributed by atoms with Crippen LogP contribution in [0.4, 0.5) is 0 Å². The summed E-state index contributed by atoms with van der Waals surface area (Å²) in [7, 11) is -2.34. The zero-order valence-corrected chi connectivity index (χ0v) is 17.7. The van der Waals surface area contributed by atoms with Gasteiger partial charge in [0.1, 0.15) is 0 Å². The topological polar surface area (TPSA) is 86.0 Å². The molecule has 0 unspecified atom stereocenters. The van der Waals surface area contributed by atoms with E-state index in [1.807, 2.05) is 13.8 Å². The van der Waals surface area contributed by atoms with Gasteiger partial charge in [0.05, 0.1) is 18.6 Å². The Hall–Kier alpha value is -2.48. The molecule has 154 valence electrons. The number of rotatable bonds is 9. The second-order valence-corrected chi connectivity index (χ2v) is 8.87. The zero-order chi connectivity index (χ0) is 20.9. The van der Waals surface area contributed by atoms with E-state index in [1.54, 1.807) is 49.1 Å². The van der Waals surface area contributed by atoms with Crippen molar-refractivity contribution < 1.29 is 26.5 Å². The molecule has 0 bridgehead atoms. The molecule has 0 saturated heterocycles. The van der Waals surface area contributed by atoms with Crippen LogP contribution in [0.2, 0.25) is 0 Å². The molecular weight excluding hydrogens is 382 g/mol. The Morgan fingerprint density at radius 2 is 1.89 bits per heavy atom. The predicted molar refractivity (Wildman–Crippen MR) is 106 cm³/mol. The van der Waals surface area contributed by atoms with Crippen molar-refractivity contribution in [3.63, 3.8) is 0 Å². The van der Waals surface area contributed by atoms with E-state index in [1.165, 1.54) is 13.4 Å². The maximum atomic E-state index is 12.8. The number of carbonyl (C=O) groups excluding carboxylic acids is 1. The van der Waals surface area contributed by atoms with Crippen molar-refractivity contribution in [3.8, 4) is 11.5 Å². The molecule has 8 heteroatoms. The van der Waals surface area contributed by atoms with Gasteiger partial charge < -0.3 is 18.2 Å². The van der Waals surface area contributed by atoms with E-state index in [0.29, 0.717) is 5.75 Å². The lowest BCUT2D eigenvalue weighted by molar-refractivity contribution is 0.0638. The highest BCUT2D eigenvalue weighted by Gasteiger charge is 2.25. The van der Waals surface area contributed by atoms with Gasteiger partial charge in [-0.3, -0.25) is 4.79 Å². The first kappa shape index (κ1) is 21.8. The van der Waals surface area contributed by atoms with Gasteiger partial charge in [0, 0.05) is 12.6 Å². The molecule has 0 aliphatic rings. The van der Waals surface area contributed by atoms with E-state index in [2.05, 4.69) is 0 Å². The highest BCUT2D eigenvalue weighted by molar-refractivity contribution is 7.87. The zero-order valence-electron chi connectivity index (χ0n) is 16.8. The summed E-state index contributed by atoms with van der Waals surface area (Å²) in [5.74, 6) is 0.434. The van der Waals surface area contributed by atoms with E-state index in [9.17, 15) is 13.2 Å². The second-order valence-electron chi connectivity index (χ2n) is 6.78. The molecule has 0 N–H and O–H groups in total. The van der Waals surface area contributed by atoms with E-state index in [4.69, 9.17) is 13.3 Å². The Morgan fingerprint density at radius 3 is 2.43 bits per heavy atom. The summed E-state index contributed by atoms with van der Waals surface area (Å²) < 4.78 is 40.0. The third kappa shape index (κ3) is 5.07. The normalized spacial score (nSPS) is 12.6. The summed E-state index contributed by atoms with van der Waals surface area (Å²) in [6.45, 7) is 7.29. The first-order chi connectivity index (χ1) is 13.2. The quantitative estimate of drug-likeness (QED) is 0.585. The van der Waals surface area contributed by atoms with Crippen molar-refractivity contribution >= 4 is 16.0 Å². The molecule has 0 aliphatic carbocycles. The van der Waals surface area contributed by atoms with Crippen molar-refractivity contribution in [2.75, 3.05) is 7.11 Å². The Kier molecular flexibility index (Phi) is 7.12. The molecule has 1 heterocycles. The van der Waals surface area contributed by atoms with Crippen LogP contribution >= 0.6 is 0 Å². The molecule has 7 nitrogen and oxygen atoms in total. The van der Waals surface area contributed by atoms with Gasteiger partial charge in [-0.05, 0) is 57.0 Å². The third-order valence-electron chi connectivity index (χ3n) is 4.48. The minimum atomic E-state index is -3.78.